The van der Waals surface area contributed by atoms with Crippen LogP contribution in [0.25, 0.3) is 4.85 Å². The number of carbonyl (C=O) groups excluding carboxylic acids is 2. The van der Waals surface area contributed by atoms with Gasteiger partial charge in [0.2, 0.25) is 5.91 Å². The minimum Gasteiger partial charge on any atom is -0.442 e. The third-order valence-electron chi connectivity index (χ3n) is 5.29. The van der Waals surface area contributed by atoms with Crippen LogP contribution in [0.1, 0.15) is 36.8 Å². The van der Waals surface area contributed by atoms with Crippen LogP contribution in [0.3, 0.4) is 0 Å². The van der Waals surface area contributed by atoms with Gasteiger partial charge in [-0.25, -0.2) is 11.4 Å². The van der Waals surface area contributed by atoms with E-state index < -0.39 is 0 Å². The SMILES string of the molecule is [C-]#[N+]C1(c2ccc(N3C[C@H](CNC(=O)C4CC4)OC3=O)cc2C)CC1. The van der Waals surface area contributed by atoms with Gasteiger partial charge in [0, 0.05) is 30.0 Å². The lowest BCUT2D eigenvalue weighted by Crippen LogP contribution is -2.35. The summed E-state index contributed by atoms with van der Waals surface area (Å²) in [7, 11) is 0. The second kappa shape index (κ2) is 5.76. The number of rotatable bonds is 5. The smallest absolute Gasteiger partial charge is 0.414 e. The summed E-state index contributed by atoms with van der Waals surface area (Å²) in [4.78, 5) is 29.3. The van der Waals surface area contributed by atoms with Gasteiger partial charge in [0.25, 0.3) is 5.54 Å². The zero-order valence-corrected chi connectivity index (χ0v) is 14.2. The van der Waals surface area contributed by atoms with Gasteiger partial charge in [0.15, 0.2) is 0 Å². The molecule has 2 saturated carbocycles. The molecule has 3 aliphatic rings. The van der Waals surface area contributed by atoms with Crippen LogP contribution >= 0.6 is 0 Å². The Kier molecular flexibility index (Phi) is 3.68. The van der Waals surface area contributed by atoms with Crippen molar-refractivity contribution in [3.05, 3.63) is 40.7 Å². The molecule has 3 fully saturated rings. The van der Waals surface area contributed by atoms with Gasteiger partial charge in [-0.15, -0.1) is 0 Å². The van der Waals surface area contributed by atoms with Crippen LogP contribution < -0.4 is 10.2 Å². The van der Waals surface area contributed by atoms with Crippen molar-refractivity contribution in [3.63, 3.8) is 0 Å². The van der Waals surface area contributed by atoms with E-state index in [9.17, 15) is 9.59 Å². The van der Waals surface area contributed by atoms with Gasteiger partial charge < -0.3 is 14.9 Å². The Morgan fingerprint density at radius 3 is 2.80 bits per heavy atom. The lowest BCUT2D eigenvalue weighted by Gasteiger charge is -2.16. The first-order chi connectivity index (χ1) is 12.0. The van der Waals surface area contributed by atoms with Gasteiger partial charge in [0.1, 0.15) is 6.10 Å². The van der Waals surface area contributed by atoms with E-state index in [-0.39, 0.29) is 29.6 Å². The molecule has 1 aliphatic heterocycles. The Balaban J connectivity index is 1.43. The maximum Gasteiger partial charge on any atom is 0.414 e. The third-order valence-corrected chi connectivity index (χ3v) is 5.29. The Labute approximate surface area is 147 Å². The molecule has 6 heteroatoms. The van der Waals surface area contributed by atoms with Crippen LogP contribution in [-0.2, 0) is 15.1 Å². The minimum atomic E-state index is -0.385. The maximum atomic E-state index is 12.2. The van der Waals surface area contributed by atoms with E-state index in [1.54, 1.807) is 4.90 Å². The van der Waals surface area contributed by atoms with Gasteiger partial charge in [-0.2, -0.15) is 0 Å². The van der Waals surface area contributed by atoms with Crippen LogP contribution in [0.2, 0.25) is 0 Å². The number of nitrogens with one attached hydrogen (secondary N) is 1. The van der Waals surface area contributed by atoms with E-state index in [2.05, 4.69) is 10.2 Å². The predicted octanol–water partition coefficient (Wildman–Crippen LogP) is 2.75. The van der Waals surface area contributed by atoms with E-state index in [4.69, 9.17) is 11.3 Å². The van der Waals surface area contributed by atoms with Crippen LogP contribution in [0.15, 0.2) is 18.2 Å². The first-order valence-corrected chi connectivity index (χ1v) is 8.78. The predicted molar refractivity (Wildman–Crippen MR) is 92.0 cm³/mol. The Morgan fingerprint density at radius 2 is 2.20 bits per heavy atom. The number of hydrogen-bond donors (Lipinski definition) is 1. The van der Waals surface area contributed by atoms with E-state index in [0.717, 1.165) is 42.5 Å². The summed E-state index contributed by atoms with van der Waals surface area (Å²) in [6.45, 7) is 10.2. The van der Waals surface area contributed by atoms with Crippen molar-refractivity contribution >= 4 is 17.7 Å². The first kappa shape index (κ1) is 15.9. The van der Waals surface area contributed by atoms with Crippen LogP contribution in [0, 0.1) is 19.4 Å². The fourth-order valence-corrected chi connectivity index (χ4v) is 3.44. The second-order valence-electron chi connectivity index (χ2n) is 7.28. The van der Waals surface area contributed by atoms with E-state index in [1.165, 1.54) is 0 Å². The summed E-state index contributed by atoms with van der Waals surface area (Å²) in [5.41, 5.74) is 2.53. The van der Waals surface area contributed by atoms with Gasteiger partial charge in [0.05, 0.1) is 13.1 Å². The Morgan fingerprint density at radius 1 is 1.44 bits per heavy atom. The summed E-state index contributed by atoms with van der Waals surface area (Å²) >= 11 is 0. The molecule has 1 heterocycles. The highest BCUT2D eigenvalue weighted by Crippen LogP contribution is 2.51. The molecule has 1 aromatic rings. The number of amides is 2. The van der Waals surface area contributed by atoms with Crippen molar-refractivity contribution in [2.45, 2.75) is 44.2 Å². The number of hydrogen-bond acceptors (Lipinski definition) is 3. The average Bonchev–Trinajstić information content (AvgIpc) is 3.51. The lowest BCUT2D eigenvalue weighted by molar-refractivity contribution is -0.122. The molecule has 0 spiro atoms. The van der Waals surface area contributed by atoms with Crippen molar-refractivity contribution in [3.8, 4) is 0 Å². The fraction of sp³-hybridized carbons (Fsp3) is 0.526. The molecule has 0 bridgehead atoms. The number of ether oxygens (including phenoxy) is 1. The maximum absolute atomic E-state index is 12.2. The molecule has 0 unspecified atom stereocenters. The molecule has 25 heavy (non-hydrogen) atoms. The summed E-state index contributed by atoms with van der Waals surface area (Å²) in [6.07, 6.45) is 3.02. The van der Waals surface area contributed by atoms with E-state index in [0.29, 0.717) is 13.1 Å². The van der Waals surface area contributed by atoms with Crippen molar-refractivity contribution in [2.24, 2.45) is 5.92 Å². The minimum absolute atomic E-state index is 0.0589. The summed E-state index contributed by atoms with van der Waals surface area (Å²) in [5, 5.41) is 2.86. The molecule has 4 rings (SSSR count). The third kappa shape index (κ3) is 2.95. The molecule has 0 aromatic heterocycles. The topological polar surface area (TPSA) is 63.0 Å². The van der Waals surface area contributed by atoms with Crippen molar-refractivity contribution < 1.29 is 14.3 Å². The molecule has 1 saturated heterocycles. The number of cyclic esters (lactones) is 1. The van der Waals surface area contributed by atoms with Gasteiger partial charge in [-0.1, -0.05) is 0 Å². The largest absolute Gasteiger partial charge is 0.442 e. The quantitative estimate of drug-likeness (QED) is 0.839. The highest BCUT2D eigenvalue weighted by atomic mass is 16.6. The molecular formula is C19H21N3O3. The van der Waals surface area contributed by atoms with E-state index in [1.807, 2.05) is 25.1 Å². The molecule has 2 amide bonds. The lowest BCUT2D eigenvalue weighted by atomic mass is 9.99. The van der Waals surface area contributed by atoms with Crippen LogP contribution in [-0.4, -0.2) is 31.2 Å². The van der Waals surface area contributed by atoms with Crippen molar-refractivity contribution in [2.75, 3.05) is 18.0 Å². The standard InChI is InChI=1S/C19H21N3O3/c1-12-9-14(5-6-16(12)19(20-2)7-8-19)22-11-15(25-18(22)24)10-21-17(23)13-3-4-13/h5-6,9,13,15H,3-4,7-8,10-11H2,1H3,(H,21,23)/t15-/m0/s1. The molecule has 1 N–H and O–H groups in total. The molecule has 130 valence electrons. The van der Waals surface area contributed by atoms with Gasteiger partial charge in [-0.05, 0) is 43.5 Å². The zero-order chi connectivity index (χ0) is 17.6. The van der Waals surface area contributed by atoms with Gasteiger partial charge in [-0.3, -0.25) is 9.69 Å². The second-order valence-corrected chi connectivity index (χ2v) is 7.28. The fourth-order valence-electron chi connectivity index (χ4n) is 3.44. The summed E-state index contributed by atoms with van der Waals surface area (Å²) < 4.78 is 5.37. The van der Waals surface area contributed by atoms with E-state index >= 15 is 0 Å². The number of anilines is 1. The summed E-state index contributed by atoms with van der Waals surface area (Å²) in [6, 6.07) is 5.80. The molecule has 1 aromatic carbocycles. The molecule has 6 nitrogen and oxygen atoms in total. The highest BCUT2D eigenvalue weighted by molar-refractivity contribution is 5.90. The van der Waals surface area contributed by atoms with Crippen molar-refractivity contribution in [1.29, 1.82) is 0 Å². The number of aryl methyl sites for hydroxylation is 1. The first-order valence-electron chi connectivity index (χ1n) is 8.78. The van der Waals surface area contributed by atoms with Gasteiger partial charge >= 0.3 is 6.09 Å². The van der Waals surface area contributed by atoms with Crippen LogP contribution in [0.5, 0.6) is 0 Å². The molecule has 0 radical (unpaired) electrons. The number of nitrogens with zero attached hydrogens (tertiary/aromatic N) is 2. The van der Waals surface area contributed by atoms with Crippen LogP contribution in [0.4, 0.5) is 10.5 Å². The van der Waals surface area contributed by atoms with Crippen molar-refractivity contribution in [1.82, 2.24) is 5.32 Å². The normalized spacial score (nSPS) is 23.8. The average molecular weight is 339 g/mol. The number of benzene rings is 1. The zero-order valence-electron chi connectivity index (χ0n) is 14.2. The molecule has 1 atom stereocenters. The monoisotopic (exact) mass is 339 g/mol. The Bertz CT molecular complexity index is 775. The summed E-state index contributed by atoms with van der Waals surface area (Å²) in [5.74, 6) is 0.212. The number of carbonyl (C=O) groups is 2. The Hall–Kier alpha value is -2.55. The molecular weight excluding hydrogens is 318 g/mol. The molecule has 2 aliphatic carbocycles. The highest BCUT2D eigenvalue weighted by Gasteiger charge is 2.53.